The van der Waals surface area contributed by atoms with E-state index < -0.39 is 5.92 Å². The zero-order valence-electron chi connectivity index (χ0n) is 10.0. The van der Waals surface area contributed by atoms with Gasteiger partial charge in [0.25, 0.3) is 0 Å². The summed E-state index contributed by atoms with van der Waals surface area (Å²) < 4.78 is 1.04. The Morgan fingerprint density at radius 3 is 3.11 bits per heavy atom. The Morgan fingerprint density at radius 1 is 1.47 bits per heavy atom. The van der Waals surface area contributed by atoms with Gasteiger partial charge in [-0.15, -0.1) is 0 Å². The van der Waals surface area contributed by atoms with E-state index in [0.717, 1.165) is 16.6 Å². The average Bonchev–Trinajstić information content (AvgIpc) is 2.81. The normalized spacial score (nSPS) is 20.8. The van der Waals surface area contributed by atoms with Crippen molar-refractivity contribution in [3.8, 4) is 0 Å². The Hall–Kier alpha value is -1.33. The molecule has 3 nitrogen and oxygen atoms in total. The minimum absolute atomic E-state index is 0.0131. The van der Waals surface area contributed by atoms with E-state index in [1.54, 1.807) is 12.3 Å². The van der Waals surface area contributed by atoms with Crippen molar-refractivity contribution in [2.45, 2.75) is 6.42 Å². The molecule has 1 aromatic rings. The molecule has 19 heavy (non-hydrogen) atoms. The van der Waals surface area contributed by atoms with Crippen molar-refractivity contribution >= 4 is 50.9 Å². The number of dihydropyridines is 1. The van der Waals surface area contributed by atoms with Crippen molar-refractivity contribution in [3.63, 3.8) is 0 Å². The maximum absolute atomic E-state index is 12.6. The van der Waals surface area contributed by atoms with Crippen molar-refractivity contribution in [1.82, 2.24) is 0 Å². The van der Waals surface area contributed by atoms with Crippen molar-refractivity contribution in [1.29, 1.82) is 0 Å². The molecule has 2 aliphatic rings. The van der Waals surface area contributed by atoms with Gasteiger partial charge in [0.1, 0.15) is 10.9 Å². The molecule has 5 heteroatoms. The van der Waals surface area contributed by atoms with Crippen LogP contribution in [0, 0.1) is 5.92 Å². The highest BCUT2D eigenvalue weighted by Crippen LogP contribution is 2.32. The fourth-order valence-corrected chi connectivity index (χ4v) is 3.04. The molecule has 1 aromatic carbocycles. The maximum atomic E-state index is 12.6. The smallest absolute Gasteiger partial charge is 0.240 e. The van der Waals surface area contributed by atoms with Crippen LogP contribution in [0.3, 0.4) is 0 Å². The van der Waals surface area contributed by atoms with E-state index in [2.05, 4.69) is 27.0 Å². The van der Waals surface area contributed by atoms with Crippen LogP contribution in [0.2, 0.25) is 0 Å². The zero-order valence-corrected chi connectivity index (χ0v) is 12.4. The fraction of sp³-hybridized carbons (Fsp3) is 0.214. The summed E-state index contributed by atoms with van der Waals surface area (Å²) >= 11 is 8.61. The molecule has 0 spiro atoms. The van der Waals surface area contributed by atoms with E-state index in [1.807, 2.05) is 23.1 Å². The molecule has 0 fully saturated rings. The van der Waals surface area contributed by atoms with Crippen molar-refractivity contribution in [3.05, 3.63) is 40.4 Å². The van der Waals surface area contributed by atoms with Gasteiger partial charge in [0.05, 0.1) is 0 Å². The molecule has 1 unspecified atom stereocenters. The summed E-state index contributed by atoms with van der Waals surface area (Å²) in [6.07, 6.45) is 6.10. The fourth-order valence-electron chi connectivity index (χ4n) is 2.40. The second-order valence-corrected chi connectivity index (χ2v) is 5.83. The second kappa shape index (κ2) is 4.98. The number of hydrogen-bond acceptors (Lipinski definition) is 2. The number of rotatable bonds is 1. The van der Waals surface area contributed by atoms with E-state index in [-0.39, 0.29) is 5.91 Å². The van der Waals surface area contributed by atoms with Gasteiger partial charge in [-0.2, -0.15) is 0 Å². The lowest BCUT2D eigenvalue weighted by Gasteiger charge is -2.22. The van der Waals surface area contributed by atoms with Crippen LogP contribution in [0.5, 0.6) is 0 Å². The van der Waals surface area contributed by atoms with Crippen molar-refractivity contribution in [2.24, 2.45) is 10.9 Å². The number of amides is 1. The second-order valence-electron chi connectivity index (χ2n) is 4.49. The monoisotopic (exact) mass is 334 g/mol. The first-order valence-corrected chi connectivity index (χ1v) is 7.21. The third-order valence-electron chi connectivity index (χ3n) is 3.33. The number of allylic oxidation sites excluding steroid dienone is 1. The number of aliphatic imine (C=N–C) groups is 1. The molecule has 96 valence electrons. The van der Waals surface area contributed by atoms with Gasteiger partial charge in [-0.1, -0.05) is 34.2 Å². The first-order chi connectivity index (χ1) is 9.16. The van der Waals surface area contributed by atoms with Gasteiger partial charge < -0.3 is 4.90 Å². The number of thiocarbonyl (C=S) groups is 1. The van der Waals surface area contributed by atoms with Crippen LogP contribution in [0.25, 0.3) is 0 Å². The van der Waals surface area contributed by atoms with Crippen LogP contribution in [-0.2, 0) is 11.2 Å². The predicted octanol–water partition coefficient (Wildman–Crippen LogP) is 2.92. The Balaban J connectivity index is 1.89. The molecule has 0 aliphatic carbocycles. The minimum atomic E-state index is -0.408. The molecular formula is C14H11BrN2OS. The number of benzene rings is 1. The van der Waals surface area contributed by atoms with Crippen molar-refractivity contribution in [2.75, 3.05) is 11.4 Å². The zero-order chi connectivity index (χ0) is 13.4. The predicted molar refractivity (Wildman–Crippen MR) is 83.9 cm³/mol. The number of anilines is 1. The summed E-state index contributed by atoms with van der Waals surface area (Å²) in [6, 6.07) is 6.00. The van der Waals surface area contributed by atoms with E-state index in [0.29, 0.717) is 11.5 Å². The van der Waals surface area contributed by atoms with Gasteiger partial charge >= 0.3 is 0 Å². The third-order valence-corrected chi connectivity index (χ3v) is 4.18. The molecule has 0 saturated carbocycles. The highest BCUT2D eigenvalue weighted by molar-refractivity contribution is 9.10. The van der Waals surface area contributed by atoms with Gasteiger partial charge in [0.15, 0.2) is 0 Å². The molecular weight excluding hydrogens is 324 g/mol. The van der Waals surface area contributed by atoms with Crippen LogP contribution in [0.4, 0.5) is 5.69 Å². The quantitative estimate of drug-likeness (QED) is 0.740. The first-order valence-electron chi connectivity index (χ1n) is 6.01. The molecule has 0 radical (unpaired) electrons. The number of carbonyl (C=O) groups excluding carboxylic acids is 1. The summed E-state index contributed by atoms with van der Waals surface area (Å²) in [5, 5.41) is 0. The minimum Gasteiger partial charge on any atom is -0.311 e. The van der Waals surface area contributed by atoms with Crippen LogP contribution in [0.1, 0.15) is 5.56 Å². The topological polar surface area (TPSA) is 32.7 Å². The largest absolute Gasteiger partial charge is 0.311 e. The summed E-state index contributed by atoms with van der Waals surface area (Å²) in [5.74, 6) is -0.395. The maximum Gasteiger partial charge on any atom is 0.240 e. The highest BCUT2D eigenvalue weighted by Gasteiger charge is 2.31. The van der Waals surface area contributed by atoms with Gasteiger partial charge in [0, 0.05) is 22.9 Å². The molecule has 0 N–H and O–H groups in total. The number of carbonyl (C=O) groups is 1. The Labute approximate surface area is 125 Å². The molecule has 0 saturated heterocycles. The van der Waals surface area contributed by atoms with Crippen LogP contribution >= 0.6 is 28.1 Å². The number of nitrogens with zero attached hydrogens (tertiary/aromatic N) is 2. The lowest BCUT2D eigenvalue weighted by atomic mass is 10.1. The molecule has 0 aromatic heterocycles. The van der Waals surface area contributed by atoms with Gasteiger partial charge in [-0.05, 0) is 36.3 Å². The summed E-state index contributed by atoms with van der Waals surface area (Å²) in [7, 11) is 0. The Kier molecular flexibility index (Phi) is 3.33. The van der Waals surface area contributed by atoms with Crippen LogP contribution in [-0.4, -0.2) is 23.7 Å². The van der Waals surface area contributed by atoms with Gasteiger partial charge in [0.2, 0.25) is 5.91 Å². The summed E-state index contributed by atoms with van der Waals surface area (Å²) in [5.41, 5.74) is 2.18. The number of fused-ring (bicyclic) bond motifs is 1. The van der Waals surface area contributed by atoms with E-state index in [1.165, 1.54) is 5.56 Å². The SMILES string of the molecule is O=C(C1C=CC=NC1=S)N1CCc2cc(Br)ccc21. The van der Waals surface area contributed by atoms with Gasteiger partial charge in [-0.3, -0.25) is 4.79 Å². The van der Waals surface area contributed by atoms with E-state index in [9.17, 15) is 4.79 Å². The third kappa shape index (κ3) is 2.28. The first kappa shape index (κ1) is 12.7. The molecule has 2 heterocycles. The molecule has 1 atom stereocenters. The average molecular weight is 335 g/mol. The van der Waals surface area contributed by atoms with E-state index >= 15 is 0 Å². The Morgan fingerprint density at radius 2 is 2.32 bits per heavy atom. The van der Waals surface area contributed by atoms with Gasteiger partial charge in [-0.25, -0.2) is 4.99 Å². The van der Waals surface area contributed by atoms with E-state index in [4.69, 9.17) is 12.2 Å². The standard InChI is InChI=1S/C14H11BrN2OS/c15-10-3-4-12-9(8-10)5-7-17(12)14(18)11-2-1-6-16-13(11)19/h1-4,6,8,11H,5,7H2. The molecule has 1 amide bonds. The Bertz CT molecular complexity index is 624. The van der Waals surface area contributed by atoms with Crippen molar-refractivity contribution < 1.29 is 4.79 Å². The molecule has 0 bridgehead atoms. The molecule has 3 rings (SSSR count). The summed E-state index contributed by atoms with van der Waals surface area (Å²) in [4.78, 5) is 18.9. The van der Waals surface area contributed by atoms with Crippen LogP contribution < -0.4 is 4.90 Å². The lowest BCUT2D eigenvalue weighted by molar-refractivity contribution is -0.119. The summed E-state index contributed by atoms with van der Waals surface area (Å²) in [6.45, 7) is 0.710. The lowest BCUT2D eigenvalue weighted by Crippen LogP contribution is -2.37. The molecule has 2 aliphatic heterocycles. The van der Waals surface area contributed by atoms with Crippen LogP contribution in [0.15, 0.2) is 39.8 Å². The number of halogens is 1. The number of hydrogen-bond donors (Lipinski definition) is 0. The highest BCUT2D eigenvalue weighted by atomic mass is 79.9.